The maximum atomic E-state index is 11.6. The molecule has 5 nitrogen and oxygen atoms in total. The van der Waals surface area contributed by atoms with Crippen LogP contribution in [0.15, 0.2) is 24.4 Å². The van der Waals surface area contributed by atoms with Gasteiger partial charge in [-0.3, -0.25) is 9.69 Å². The number of H-pyrrole nitrogens is 1. The molecule has 1 aliphatic heterocycles. The molecule has 2 heterocycles. The van der Waals surface area contributed by atoms with E-state index in [1.54, 1.807) is 7.11 Å². The highest BCUT2D eigenvalue weighted by molar-refractivity contribution is 5.89. The average Bonchev–Trinajstić information content (AvgIpc) is 2.93. The molecular weight excluding hydrogens is 280 g/mol. The Morgan fingerprint density at radius 1 is 1.50 bits per heavy atom. The van der Waals surface area contributed by atoms with Gasteiger partial charge in [-0.25, -0.2) is 0 Å². The number of nitrogens with zero attached hydrogens (tertiary/aromatic N) is 1. The van der Waals surface area contributed by atoms with Crippen molar-refractivity contribution in [3.05, 3.63) is 35.5 Å². The lowest BCUT2D eigenvalue weighted by molar-refractivity contribution is -0.160. The number of carbonyl (C=O) groups is 1. The summed E-state index contributed by atoms with van der Waals surface area (Å²) >= 11 is 0. The Morgan fingerprint density at radius 2 is 2.32 bits per heavy atom. The number of nitrogens with one attached hydrogen (secondary N) is 1. The highest BCUT2D eigenvalue weighted by Crippen LogP contribution is 2.49. The van der Waals surface area contributed by atoms with Crippen molar-refractivity contribution >= 4 is 16.9 Å². The van der Waals surface area contributed by atoms with Gasteiger partial charge in [0, 0.05) is 36.8 Å². The molecule has 116 valence electrons. The molecule has 0 bridgehead atoms. The molecule has 2 aliphatic rings. The molecular formula is C17H20N2O3. The summed E-state index contributed by atoms with van der Waals surface area (Å²) in [6.07, 6.45) is 3.48. The molecule has 5 heteroatoms. The summed E-state index contributed by atoms with van der Waals surface area (Å²) < 4.78 is 6.03. The number of aromatic amines is 1. The van der Waals surface area contributed by atoms with Crippen LogP contribution in [-0.2, 0) is 21.6 Å². The standard InChI is InChI=1S/C17H20N2O3/c1-19-9-11(16(20)21)7-17(22-2)12-4-3-5-13-15(12)10(8-18-13)6-14(17)19/h3-5,8,11,14,18H,6-7,9H2,1-2H3,(H,20,21)/t11-,14+,17-/m0/s1. The van der Waals surface area contributed by atoms with Crippen molar-refractivity contribution in [1.29, 1.82) is 0 Å². The fourth-order valence-corrected chi connectivity index (χ4v) is 4.48. The molecule has 0 saturated carbocycles. The molecule has 22 heavy (non-hydrogen) atoms. The van der Waals surface area contributed by atoms with Gasteiger partial charge >= 0.3 is 5.97 Å². The highest BCUT2D eigenvalue weighted by Gasteiger charge is 2.52. The molecule has 3 atom stereocenters. The van der Waals surface area contributed by atoms with Crippen molar-refractivity contribution in [2.24, 2.45) is 5.92 Å². The summed E-state index contributed by atoms with van der Waals surface area (Å²) in [5.74, 6) is -1.15. The lowest BCUT2D eigenvalue weighted by Crippen LogP contribution is -2.60. The van der Waals surface area contributed by atoms with Crippen molar-refractivity contribution in [1.82, 2.24) is 9.88 Å². The lowest BCUT2D eigenvalue weighted by Gasteiger charge is -2.52. The van der Waals surface area contributed by atoms with Crippen LogP contribution >= 0.6 is 0 Å². The summed E-state index contributed by atoms with van der Waals surface area (Å²) in [4.78, 5) is 17.1. The molecule has 2 N–H and O–H groups in total. The number of benzene rings is 1. The third-order valence-corrected chi connectivity index (χ3v) is 5.50. The molecule has 1 aliphatic carbocycles. The number of rotatable bonds is 2. The van der Waals surface area contributed by atoms with Gasteiger partial charge in [0.05, 0.1) is 5.92 Å². The maximum Gasteiger partial charge on any atom is 0.307 e. The molecule has 0 unspecified atom stereocenters. The summed E-state index contributed by atoms with van der Waals surface area (Å²) in [7, 11) is 3.72. The van der Waals surface area contributed by atoms with Crippen molar-refractivity contribution in [3.8, 4) is 0 Å². The summed E-state index contributed by atoms with van der Waals surface area (Å²) in [6, 6.07) is 6.34. The van der Waals surface area contributed by atoms with Gasteiger partial charge < -0.3 is 14.8 Å². The highest BCUT2D eigenvalue weighted by atomic mass is 16.5. The Balaban J connectivity index is 1.95. The molecule has 4 rings (SSSR count). The second-order valence-electron chi connectivity index (χ2n) is 6.53. The maximum absolute atomic E-state index is 11.6. The van der Waals surface area contributed by atoms with E-state index in [2.05, 4.69) is 28.2 Å². The minimum Gasteiger partial charge on any atom is -0.481 e. The van der Waals surface area contributed by atoms with Crippen molar-refractivity contribution in [3.63, 3.8) is 0 Å². The van der Waals surface area contributed by atoms with E-state index in [9.17, 15) is 9.90 Å². The van der Waals surface area contributed by atoms with Gasteiger partial charge in [0.15, 0.2) is 0 Å². The monoisotopic (exact) mass is 300 g/mol. The molecule has 1 fully saturated rings. The third-order valence-electron chi connectivity index (χ3n) is 5.50. The SMILES string of the molecule is CO[C@]12C[C@H](C(=O)O)CN(C)[C@@H]1Cc1c[nH]c3cccc2c13. The smallest absolute Gasteiger partial charge is 0.307 e. The molecule has 1 aromatic carbocycles. The number of likely N-dealkylation sites (N-methyl/N-ethyl adjacent to an activating group) is 1. The zero-order valence-corrected chi connectivity index (χ0v) is 12.8. The minimum absolute atomic E-state index is 0.169. The lowest BCUT2D eigenvalue weighted by atomic mass is 9.68. The van der Waals surface area contributed by atoms with E-state index in [1.165, 1.54) is 10.9 Å². The fraction of sp³-hybridized carbons (Fsp3) is 0.471. The molecule has 2 aromatic rings. The predicted octanol–water partition coefficient (Wildman–Crippen LogP) is 1.97. The van der Waals surface area contributed by atoms with Crippen molar-refractivity contribution < 1.29 is 14.6 Å². The number of aromatic nitrogens is 1. The van der Waals surface area contributed by atoms with E-state index in [1.807, 2.05) is 13.1 Å². The Bertz CT molecular complexity index is 753. The normalized spacial score (nSPS) is 31.2. The van der Waals surface area contributed by atoms with Gasteiger partial charge in [0.2, 0.25) is 0 Å². The van der Waals surface area contributed by atoms with Crippen LogP contribution in [-0.4, -0.2) is 47.7 Å². The first-order valence-electron chi connectivity index (χ1n) is 7.64. The van der Waals surface area contributed by atoms with Crippen molar-refractivity contribution in [2.45, 2.75) is 24.5 Å². The molecule has 0 spiro atoms. The van der Waals surface area contributed by atoms with Crippen LogP contribution in [0.25, 0.3) is 10.9 Å². The summed E-state index contributed by atoms with van der Waals surface area (Å²) in [5, 5.41) is 10.7. The van der Waals surface area contributed by atoms with E-state index in [0.717, 1.165) is 17.5 Å². The number of methoxy groups -OCH3 is 1. The van der Waals surface area contributed by atoms with Gasteiger partial charge in [-0.05, 0) is 37.1 Å². The molecule has 1 saturated heterocycles. The number of hydrogen-bond donors (Lipinski definition) is 2. The van der Waals surface area contributed by atoms with Gasteiger partial charge in [-0.2, -0.15) is 0 Å². The van der Waals surface area contributed by atoms with Crippen LogP contribution in [0.4, 0.5) is 0 Å². The first kappa shape index (κ1) is 13.8. The number of carboxylic acid groups (broad SMARTS) is 1. The van der Waals surface area contributed by atoms with Crippen LogP contribution in [0, 0.1) is 5.92 Å². The minimum atomic E-state index is -0.742. The molecule has 0 amide bonds. The molecule has 1 aromatic heterocycles. The zero-order valence-electron chi connectivity index (χ0n) is 12.8. The number of ether oxygens (including phenoxy) is 1. The topological polar surface area (TPSA) is 65.6 Å². The number of piperidine rings is 1. The zero-order chi connectivity index (χ0) is 15.5. The first-order chi connectivity index (χ1) is 10.6. The predicted molar refractivity (Wildman–Crippen MR) is 82.9 cm³/mol. The first-order valence-corrected chi connectivity index (χ1v) is 7.64. The van der Waals surface area contributed by atoms with E-state index in [4.69, 9.17) is 4.74 Å². The fourth-order valence-electron chi connectivity index (χ4n) is 4.48. The van der Waals surface area contributed by atoms with Crippen molar-refractivity contribution in [2.75, 3.05) is 20.7 Å². The largest absolute Gasteiger partial charge is 0.481 e. The second-order valence-corrected chi connectivity index (χ2v) is 6.53. The van der Waals surface area contributed by atoms with Gasteiger partial charge in [-0.1, -0.05) is 12.1 Å². The van der Waals surface area contributed by atoms with Crippen LogP contribution in [0.3, 0.4) is 0 Å². The van der Waals surface area contributed by atoms with E-state index in [-0.39, 0.29) is 6.04 Å². The van der Waals surface area contributed by atoms with Gasteiger partial charge in [-0.15, -0.1) is 0 Å². The van der Waals surface area contributed by atoms with E-state index in [0.29, 0.717) is 13.0 Å². The number of fused-ring (bicyclic) bond motifs is 2. The molecule has 0 radical (unpaired) electrons. The van der Waals surface area contributed by atoms with Crippen LogP contribution in [0.5, 0.6) is 0 Å². The van der Waals surface area contributed by atoms with Crippen LogP contribution in [0.1, 0.15) is 17.5 Å². The average molecular weight is 300 g/mol. The quantitative estimate of drug-likeness (QED) is 0.890. The Kier molecular flexibility index (Phi) is 2.86. The van der Waals surface area contributed by atoms with Gasteiger partial charge in [0.1, 0.15) is 5.60 Å². The number of aliphatic carboxylic acids is 1. The summed E-state index contributed by atoms with van der Waals surface area (Å²) in [6.45, 7) is 0.570. The van der Waals surface area contributed by atoms with E-state index < -0.39 is 17.5 Å². The van der Waals surface area contributed by atoms with Crippen LogP contribution < -0.4 is 0 Å². The Hall–Kier alpha value is -1.85. The number of carboxylic acids is 1. The van der Waals surface area contributed by atoms with E-state index >= 15 is 0 Å². The summed E-state index contributed by atoms with van der Waals surface area (Å²) in [5.41, 5.74) is 2.97. The van der Waals surface area contributed by atoms with Gasteiger partial charge in [0.25, 0.3) is 0 Å². The number of likely N-dealkylation sites (tertiary alicyclic amines) is 1. The Labute approximate surface area is 128 Å². The second kappa shape index (κ2) is 4.57. The Morgan fingerprint density at radius 3 is 3.05 bits per heavy atom. The third kappa shape index (κ3) is 1.63. The number of hydrogen-bond acceptors (Lipinski definition) is 3. The van der Waals surface area contributed by atoms with Crippen LogP contribution in [0.2, 0.25) is 0 Å².